The van der Waals surface area contributed by atoms with Gasteiger partial charge in [-0.1, -0.05) is 13.8 Å². The molecule has 20 heavy (non-hydrogen) atoms. The highest BCUT2D eigenvalue weighted by molar-refractivity contribution is 5.96. The van der Waals surface area contributed by atoms with E-state index in [0.717, 1.165) is 42.7 Å². The van der Waals surface area contributed by atoms with Gasteiger partial charge in [-0.05, 0) is 48.9 Å². The molecule has 0 aromatic heterocycles. The lowest BCUT2D eigenvalue weighted by molar-refractivity contribution is 0.0967. The van der Waals surface area contributed by atoms with Crippen LogP contribution in [0.25, 0.3) is 0 Å². The predicted molar refractivity (Wildman–Crippen MR) is 81.6 cm³/mol. The number of unbranched alkanes of at least 4 members (excludes halogenated alkanes) is 1. The van der Waals surface area contributed by atoms with Crippen LogP contribution in [-0.2, 0) is 11.2 Å². The van der Waals surface area contributed by atoms with Gasteiger partial charge in [0.2, 0.25) is 0 Å². The van der Waals surface area contributed by atoms with Crippen molar-refractivity contribution in [2.24, 2.45) is 5.92 Å². The van der Waals surface area contributed by atoms with Crippen LogP contribution >= 0.6 is 0 Å². The van der Waals surface area contributed by atoms with Crippen molar-refractivity contribution in [1.29, 1.82) is 0 Å². The highest BCUT2D eigenvalue weighted by Crippen LogP contribution is 2.23. The first-order valence-corrected chi connectivity index (χ1v) is 7.27. The summed E-state index contributed by atoms with van der Waals surface area (Å²) in [4.78, 5) is 12.1. The van der Waals surface area contributed by atoms with Gasteiger partial charge in [0.25, 0.3) is 0 Å². The third-order valence-electron chi connectivity index (χ3n) is 3.24. The van der Waals surface area contributed by atoms with Crippen molar-refractivity contribution in [3.05, 3.63) is 29.3 Å². The fraction of sp³-hybridized carbons (Fsp3) is 0.588. The summed E-state index contributed by atoms with van der Waals surface area (Å²) in [5.74, 6) is 1.46. The zero-order chi connectivity index (χ0) is 15.0. The maximum absolute atomic E-state index is 12.1. The van der Waals surface area contributed by atoms with E-state index in [1.807, 2.05) is 18.2 Å². The third kappa shape index (κ3) is 5.33. The van der Waals surface area contributed by atoms with E-state index in [1.54, 1.807) is 14.2 Å². The van der Waals surface area contributed by atoms with Gasteiger partial charge in [0, 0.05) is 25.7 Å². The highest BCUT2D eigenvalue weighted by Gasteiger charge is 2.11. The molecule has 0 radical (unpaired) electrons. The number of hydrogen-bond donors (Lipinski definition) is 0. The summed E-state index contributed by atoms with van der Waals surface area (Å²) >= 11 is 0. The Labute approximate surface area is 122 Å². The van der Waals surface area contributed by atoms with Crippen LogP contribution in [0.5, 0.6) is 5.75 Å². The fourth-order valence-corrected chi connectivity index (χ4v) is 2.20. The first-order valence-electron chi connectivity index (χ1n) is 7.27. The largest absolute Gasteiger partial charge is 0.496 e. The van der Waals surface area contributed by atoms with Crippen molar-refractivity contribution in [2.45, 2.75) is 39.5 Å². The summed E-state index contributed by atoms with van der Waals surface area (Å²) in [7, 11) is 3.38. The Bertz CT molecular complexity index is 424. The van der Waals surface area contributed by atoms with E-state index >= 15 is 0 Å². The molecule has 112 valence electrons. The number of ether oxygens (including phenoxy) is 2. The van der Waals surface area contributed by atoms with Crippen LogP contribution in [-0.4, -0.2) is 26.6 Å². The average molecular weight is 278 g/mol. The van der Waals surface area contributed by atoms with E-state index in [9.17, 15) is 4.79 Å². The highest BCUT2D eigenvalue weighted by atomic mass is 16.5. The minimum absolute atomic E-state index is 0.209. The van der Waals surface area contributed by atoms with Crippen molar-refractivity contribution in [3.63, 3.8) is 0 Å². The Morgan fingerprint density at radius 2 is 1.95 bits per heavy atom. The molecule has 0 aliphatic heterocycles. The molecule has 1 aromatic carbocycles. The fourth-order valence-electron chi connectivity index (χ4n) is 2.20. The molecule has 0 spiro atoms. The van der Waals surface area contributed by atoms with Gasteiger partial charge in [-0.15, -0.1) is 0 Å². The minimum Gasteiger partial charge on any atom is -0.496 e. The lowest BCUT2D eigenvalue weighted by Gasteiger charge is -2.11. The molecule has 0 unspecified atom stereocenters. The smallest absolute Gasteiger partial charge is 0.163 e. The standard InChI is InChI=1S/C17H26O3/c1-13(2)11-16(18)14-8-9-17(20-4)15(12-14)7-5-6-10-19-3/h8-9,12-13H,5-7,10-11H2,1-4H3. The average Bonchev–Trinajstić information content (AvgIpc) is 2.42. The summed E-state index contributed by atoms with van der Waals surface area (Å²) < 4.78 is 10.4. The molecular formula is C17H26O3. The third-order valence-corrected chi connectivity index (χ3v) is 3.24. The second-order valence-electron chi connectivity index (χ2n) is 5.50. The van der Waals surface area contributed by atoms with E-state index in [4.69, 9.17) is 9.47 Å². The topological polar surface area (TPSA) is 35.5 Å². The molecule has 3 heteroatoms. The Balaban J connectivity index is 2.77. The molecule has 3 nitrogen and oxygen atoms in total. The molecular weight excluding hydrogens is 252 g/mol. The van der Waals surface area contributed by atoms with E-state index in [1.165, 1.54) is 0 Å². The van der Waals surface area contributed by atoms with Crippen LogP contribution < -0.4 is 4.74 Å². The molecule has 1 aromatic rings. The number of rotatable bonds is 9. The zero-order valence-corrected chi connectivity index (χ0v) is 13.1. The van der Waals surface area contributed by atoms with E-state index in [-0.39, 0.29) is 5.78 Å². The second-order valence-corrected chi connectivity index (χ2v) is 5.50. The van der Waals surface area contributed by atoms with Crippen LogP contribution in [0.15, 0.2) is 18.2 Å². The van der Waals surface area contributed by atoms with Crippen LogP contribution in [0.1, 0.15) is 49.0 Å². The van der Waals surface area contributed by atoms with E-state index in [0.29, 0.717) is 12.3 Å². The molecule has 0 amide bonds. The summed E-state index contributed by atoms with van der Waals surface area (Å²) in [6, 6.07) is 5.75. The number of methoxy groups -OCH3 is 2. The molecule has 0 aliphatic carbocycles. The number of benzene rings is 1. The molecule has 1 rings (SSSR count). The van der Waals surface area contributed by atoms with Gasteiger partial charge in [0.15, 0.2) is 5.78 Å². The molecule has 0 heterocycles. The number of aryl methyl sites for hydroxylation is 1. The molecule has 0 saturated carbocycles. The first-order chi connectivity index (χ1) is 9.58. The van der Waals surface area contributed by atoms with Crippen LogP contribution in [0.2, 0.25) is 0 Å². The lowest BCUT2D eigenvalue weighted by atomic mass is 9.97. The normalized spacial score (nSPS) is 10.8. The van der Waals surface area contributed by atoms with E-state index < -0.39 is 0 Å². The van der Waals surface area contributed by atoms with Gasteiger partial charge >= 0.3 is 0 Å². The molecule has 0 aliphatic rings. The monoisotopic (exact) mass is 278 g/mol. The van der Waals surface area contributed by atoms with Crippen LogP contribution in [0.4, 0.5) is 0 Å². The Kier molecular flexibility index (Phi) is 7.31. The predicted octanol–water partition coefficient (Wildman–Crippen LogP) is 3.89. The minimum atomic E-state index is 0.209. The number of carbonyl (C=O) groups excluding carboxylic acids is 1. The number of hydrogen-bond acceptors (Lipinski definition) is 3. The molecule has 0 atom stereocenters. The van der Waals surface area contributed by atoms with Crippen molar-refractivity contribution in [1.82, 2.24) is 0 Å². The maximum Gasteiger partial charge on any atom is 0.163 e. The summed E-state index contributed by atoms with van der Waals surface area (Å²) in [5.41, 5.74) is 1.90. The molecule has 0 bridgehead atoms. The van der Waals surface area contributed by atoms with Crippen LogP contribution in [0, 0.1) is 5.92 Å². The van der Waals surface area contributed by atoms with Gasteiger partial charge in [-0.25, -0.2) is 0 Å². The number of Topliss-reactive ketones (excluding diaryl/α,β-unsaturated/α-hetero) is 1. The van der Waals surface area contributed by atoms with Crippen molar-refractivity contribution < 1.29 is 14.3 Å². The second kappa shape index (κ2) is 8.75. The lowest BCUT2D eigenvalue weighted by Crippen LogP contribution is -2.05. The molecule has 0 N–H and O–H groups in total. The van der Waals surface area contributed by atoms with E-state index in [2.05, 4.69) is 13.8 Å². The summed E-state index contributed by atoms with van der Waals surface area (Å²) in [6.45, 7) is 4.90. The van der Waals surface area contributed by atoms with Crippen molar-refractivity contribution >= 4 is 5.78 Å². The van der Waals surface area contributed by atoms with Crippen LogP contribution in [0.3, 0.4) is 0 Å². The summed E-state index contributed by atoms with van der Waals surface area (Å²) in [5, 5.41) is 0. The Morgan fingerprint density at radius 3 is 2.55 bits per heavy atom. The van der Waals surface area contributed by atoms with Gasteiger partial charge in [-0.2, -0.15) is 0 Å². The van der Waals surface area contributed by atoms with Crippen molar-refractivity contribution in [2.75, 3.05) is 20.8 Å². The summed E-state index contributed by atoms with van der Waals surface area (Å²) in [6.07, 6.45) is 3.56. The number of ketones is 1. The molecule has 0 fully saturated rings. The zero-order valence-electron chi connectivity index (χ0n) is 13.1. The first kappa shape index (κ1) is 16.7. The van der Waals surface area contributed by atoms with Gasteiger partial charge < -0.3 is 9.47 Å². The quantitative estimate of drug-likeness (QED) is 0.508. The Hall–Kier alpha value is -1.35. The van der Waals surface area contributed by atoms with Gasteiger partial charge in [0.05, 0.1) is 7.11 Å². The van der Waals surface area contributed by atoms with Gasteiger partial charge in [-0.3, -0.25) is 4.79 Å². The number of carbonyl (C=O) groups is 1. The van der Waals surface area contributed by atoms with Crippen molar-refractivity contribution in [3.8, 4) is 5.75 Å². The maximum atomic E-state index is 12.1. The molecule has 0 saturated heterocycles. The SMILES string of the molecule is COCCCCc1cc(C(=O)CC(C)C)ccc1OC. The Morgan fingerprint density at radius 1 is 1.20 bits per heavy atom. The van der Waals surface area contributed by atoms with Gasteiger partial charge in [0.1, 0.15) is 5.75 Å².